The van der Waals surface area contributed by atoms with Crippen molar-refractivity contribution in [2.24, 2.45) is 0 Å². The average Bonchev–Trinajstić information content (AvgIpc) is 2.56. The minimum atomic E-state index is -3.72. The lowest BCUT2D eigenvalue weighted by atomic mass is 10.1. The SMILES string of the molecule is C[C@@H](NC(=O)CN(C)S(=O)(=O)c1ccccc1)c1ccc(F)cc1. The molecule has 0 unspecified atom stereocenters. The summed E-state index contributed by atoms with van der Waals surface area (Å²) in [6.07, 6.45) is 0. The van der Waals surface area contributed by atoms with Crippen LogP contribution < -0.4 is 5.32 Å². The lowest BCUT2D eigenvalue weighted by molar-refractivity contribution is -0.121. The molecule has 1 atom stereocenters. The van der Waals surface area contributed by atoms with Crippen LogP contribution >= 0.6 is 0 Å². The van der Waals surface area contributed by atoms with Gasteiger partial charge in [-0.15, -0.1) is 0 Å². The Morgan fingerprint density at radius 2 is 1.71 bits per heavy atom. The molecule has 1 amide bonds. The van der Waals surface area contributed by atoms with Crippen LogP contribution in [-0.2, 0) is 14.8 Å². The van der Waals surface area contributed by atoms with Gasteiger partial charge in [-0.1, -0.05) is 30.3 Å². The summed E-state index contributed by atoms with van der Waals surface area (Å²) in [5, 5.41) is 2.70. The molecule has 2 aromatic rings. The first kappa shape index (κ1) is 18.1. The molecular weight excluding hydrogens is 331 g/mol. The number of carbonyl (C=O) groups excluding carboxylic acids is 1. The van der Waals surface area contributed by atoms with Gasteiger partial charge in [0.1, 0.15) is 5.82 Å². The molecule has 7 heteroatoms. The summed E-state index contributed by atoms with van der Waals surface area (Å²) >= 11 is 0. The molecule has 0 aliphatic carbocycles. The van der Waals surface area contributed by atoms with Crippen molar-refractivity contribution in [1.82, 2.24) is 9.62 Å². The number of nitrogens with zero attached hydrogens (tertiary/aromatic N) is 1. The van der Waals surface area contributed by atoms with Crippen LogP contribution in [0.15, 0.2) is 59.5 Å². The van der Waals surface area contributed by atoms with Crippen LogP contribution in [0.1, 0.15) is 18.5 Å². The van der Waals surface area contributed by atoms with E-state index in [1.807, 2.05) is 0 Å². The van der Waals surface area contributed by atoms with E-state index in [1.54, 1.807) is 37.3 Å². The number of nitrogens with one attached hydrogen (secondary N) is 1. The summed E-state index contributed by atoms with van der Waals surface area (Å²) in [6.45, 7) is 1.44. The first-order valence-corrected chi connectivity index (χ1v) is 8.81. The third-order valence-corrected chi connectivity index (χ3v) is 5.38. The number of amides is 1. The lowest BCUT2D eigenvalue weighted by Crippen LogP contribution is -2.39. The van der Waals surface area contributed by atoms with Gasteiger partial charge < -0.3 is 5.32 Å². The molecule has 128 valence electrons. The van der Waals surface area contributed by atoms with Crippen LogP contribution in [0.3, 0.4) is 0 Å². The van der Waals surface area contributed by atoms with Gasteiger partial charge in [0, 0.05) is 7.05 Å². The molecule has 0 radical (unpaired) electrons. The molecule has 5 nitrogen and oxygen atoms in total. The Morgan fingerprint density at radius 3 is 2.29 bits per heavy atom. The molecule has 0 aliphatic heterocycles. The standard InChI is InChI=1S/C17H19FN2O3S/c1-13(14-8-10-15(18)11-9-14)19-17(21)12-20(2)24(22,23)16-6-4-3-5-7-16/h3-11,13H,12H2,1-2H3,(H,19,21)/t13-/m1/s1. The van der Waals surface area contributed by atoms with Crippen LogP contribution in [0, 0.1) is 5.82 Å². The maximum atomic E-state index is 12.9. The van der Waals surface area contributed by atoms with Crippen LogP contribution in [0.4, 0.5) is 4.39 Å². The van der Waals surface area contributed by atoms with Crippen molar-refractivity contribution >= 4 is 15.9 Å². The molecular formula is C17H19FN2O3S. The Labute approximate surface area is 141 Å². The number of carbonyl (C=O) groups is 1. The minimum Gasteiger partial charge on any atom is -0.348 e. The number of likely N-dealkylation sites (N-methyl/N-ethyl adjacent to an activating group) is 1. The predicted octanol–water partition coefficient (Wildman–Crippen LogP) is 2.32. The average molecular weight is 350 g/mol. The Balaban J connectivity index is 2.00. The Morgan fingerprint density at radius 1 is 1.12 bits per heavy atom. The molecule has 0 spiro atoms. The molecule has 24 heavy (non-hydrogen) atoms. The molecule has 0 aromatic heterocycles. The van der Waals surface area contributed by atoms with Crippen LogP contribution in [-0.4, -0.2) is 32.2 Å². The maximum absolute atomic E-state index is 12.9. The smallest absolute Gasteiger partial charge is 0.243 e. The van der Waals surface area contributed by atoms with Gasteiger partial charge >= 0.3 is 0 Å². The van der Waals surface area contributed by atoms with E-state index in [0.717, 1.165) is 9.87 Å². The number of halogens is 1. The van der Waals surface area contributed by atoms with Crippen molar-refractivity contribution in [2.45, 2.75) is 17.9 Å². The third kappa shape index (κ3) is 4.39. The second kappa shape index (κ2) is 7.55. The normalized spacial score (nSPS) is 12.8. The molecule has 0 aliphatic rings. The second-order valence-corrected chi connectivity index (χ2v) is 7.46. The summed E-state index contributed by atoms with van der Waals surface area (Å²) < 4.78 is 38.6. The van der Waals surface area contributed by atoms with E-state index >= 15 is 0 Å². The fourth-order valence-electron chi connectivity index (χ4n) is 2.18. The van der Waals surface area contributed by atoms with Crippen molar-refractivity contribution in [1.29, 1.82) is 0 Å². The highest BCUT2D eigenvalue weighted by Gasteiger charge is 2.23. The van der Waals surface area contributed by atoms with Crippen molar-refractivity contribution < 1.29 is 17.6 Å². The Bertz CT molecular complexity index is 792. The molecule has 0 bridgehead atoms. The zero-order valence-corrected chi connectivity index (χ0v) is 14.3. The Kier molecular flexibility index (Phi) is 5.69. The van der Waals surface area contributed by atoms with Gasteiger partial charge in [0.15, 0.2) is 0 Å². The lowest BCUT2D eigenvalue weighted by Gasteiger charge is -2.19. The van der Waals surface area contributed by atoms with Crippen LogP contribution in [0.25, 0.3) is 0 Å². The largest absolute Gasteiger partial charge is 0.348 e. The number of hydrogen-bond donors (Lipinski definition) is 1. The van der Waals surface area contributed by atoms with E-state index in [1.165, 1.54) is 31.3 Å². The van der Waals surface area contributed by atoms with Gasteiger partial charge in [0.2, 0.25) is 15.9 Å². The van der Waals surface area contributed by atoms with Gasteiger partial charge in [-0.3, -0.25) is 4.79 Å². The summed E-state index contributed by atoms with van der Waals surface area (Å²) in [7, 11) is -2.37. The topological polar surface area (TPSA) is 66.5 Å². The van der Waals surface area contributed by atoms with E-state index in [9.17, 15) is 17.6 Å². The Hall–Kier alpha value is -2.25. The van der Waals surface area contributed by atoms with Gasteiger partial charge in [-0.05, 0) is 36.8 Å². The third-order valence-electron chi connectivity index (χ3n) is 3.57. The van der Waals surface area contributed by atoms with Gasteiger partial charge in [-0.25, -0.2) is 12.8 Å². The van der Waals surface area contributed by atoms with Gasteiger partial charge in [-0.2, -0.15) is 4.31 Å². The summed E-state index contributed by atoms with van der Waals surface area (Å²) in [5.74, 6) is -0.792. The summed E-state index contributed by atoms with van der Waals surface area (Å²) in [6, 6.07) is 13.3. The molecule has 0 saturated heterocycles. The zero-order chi connectivity index (χ0) is 17.7. The number of rotatable bonds is 6. The van der Waals surface area contributed by atoms with Crippen molar-refractivity contribution in [2.75, 3.05) is 13.6 Å². The van der Waals surface area contributed by atoms with Gasteiger partial charge in [0.05, 0.1) is 17.5 Å². The van der Waals surface area contributed by atoms with E-state index in [0.29, 0.717) is 0 Å². The zero-order valence-electron chi connectivity index (χ0n) is 13.4. The van der Waals surface area contributed by atoms with Crippen molar-refractivity contribution in [3.63, 3.8) is 0 Å². The molecule has 2 aromatic carbocycles. The quantitative estimate of drug-likeness (QED) is 0.869. The monoisotopic (exact) mass is 350 g/mol. The minimum absolute atomic E-state index is 0.131. The van der Waals surface area contributed by atoms with Gasteiger partial charge in [0.25, 0.3) is 0 Å². The highest BCUT2D eigenvalue weighted by atomic mass is 32.2. The number of hydrogen-bond acceptors (Lipinski definition) is 3. The van der Waals surface area contributed by atoms with E-state index in [2.05, 4.69) is 5.32 Å². The molecule has 0 saturated carbocycles. The molecule has 0 heterocycles. The highest BCUT2D eigenvalue weighted by Crippen LogP contribution is 2.15. The predicted molar refractivity (Wildman–Crippen MR) is 89.2 cm³/mol. The van der Waals surface area contributed by atoms with Crippen LogP contribution in [0.5, 0.6) is 0 Å². The van der Waals surface area contributed by atoms with E-state index in [-0.39, 0.29) is 23.3 Å². The van der Waals surface area contributed by atoms with E-state index in [4.69, 9.17) is 0 Å². The summed E-state index contributed by atoms with van der Waals surface area (Å²) in [4.78, 5) is 12.2. The fraction of sp³-hybridized carbons (Fsp3) is 0.235. The number of sulfonamides is 1. The first-order chi connectivity index (χ1) is 11.3. The van der Waals surface area contributed by atoms with Crippen LogP contribution in [0.2, 0.25) is 0 Å². The second-order valence-electron chi connectivity index (χ2n) is 5.41. The van der Waals surface area contributed by atoms with Crippen molar-refractivity contribution in [3.05, 3.63) is 66.0 Å². The molecule has 1 N–H and O–H groups in total. The number of benzene rings is 2. The first-order valence-electron chi connectivity index (χ1n) is 7.37. The maximum Gasteiger partial charge on any atom is 0.243 e. The highest BCUT2D eigenvalue weighted by molar-refractivity contribution is 7.89. The molecule has 0 fully saturated rings. The molecule has 2 rings (SSSR count). The van der Waals surface area contributed by atoms with E-state index < -0.39 is 15.9 Å². The summed E-state index contributed by atoms with van der Waals surface area (Å²) in [5.41, 5.74) is 0.735. The fourth-order valence-corrected chi connectivity index (χ4v) is 3.33. The van der Waals surface area contributed by atoms with Crippen molar-refractivity contribution in [3.8, 4) is 0 Å².